The Morgan fingerprint density at radius 1 is 1.06 bits per heavy atom. The molecule has 0 aliphatic carbocycles. The molecule has 1 atom stereocenters. The lowest BCUT2D eigenvalue weighted by Crippen LogP contribution is -2.43. The standard InChI is InChI=1S/C23H21N3O4S2/c27-23(25-28)22(19-6-2-1-3-7-19)26(15-18-5-4-11-24-14-18)32(29,30)16-17-8-9-21-20(13-17)10-12-31-21/h1-14,22,28H,15-16H2,(H,25,27)/t22-/m0/s1. The van der Waals surface area contributed by atoms with E-state index >= 15 is 0 Å². The number of carbonyl (C=O) groups excluding carboxylic acids is 1. The van der Waals surface area contributed by atoms with Gasteiger partial charge in [0.25, 0.3) is 5.91 Å². The highest BCUT2D eigenvalue weighted by molar-refractivity contribution is 7.88. The van der Waals surface area contributed by atoms with Crippen molar-refractivity contribution < 1.29 is 18.4 Å². The number of amides is 1. The van der Waals surface area contributed by atoms with E-state index in [9.17, 15) is 18.4 Å². The number of rotatable bonds is 8. The van der Waals surface area contributed by atoms with Gasteiger partial charge in [-0.2, -0.15) is 4.31 Å². The molecule has 2 heterocycles. The Morgan fingerprint density at radius 2 is 1.88 bits per heavy atom. The minimum Gasteiger partial charge on any atom is -0.289 e. The van der Waals surface area contributed by atoms with Gasteiger partial charge in [0, 0.05) is 23.6 Å². The van der Waals surface area contributed by atoms with E-state index in [1.54, 1.807) is 77.7 Å². The van der Waals surface area contributed by atoms with Crippen molar-refractivity contribution in [1.29, 1.82) is 0 Å². The van der Waals surface area contributed by atoms with Crippen LogP contribution >= 0.6 is 11.3 Å². The molecule has 0 saturated carbocycles. The van der Waals surface area contributed by atoms with Crippen LogP contribution in [0, 0.1) is 0 Å². The second-order valence-corrected chi connectivity index (χ2v) is 10.1. The van der Waals surface area contributed by atoms with Crippen molar-refractivity contribution in [1.82, 2.24) is 14.8 Å². The molecule has 0 bridgehead atoms. The number of aromatic nitrogens is 1. The summed E-state index contributed by atoms with van der Waals surface area (Å²) in [5.41, 5.74) is 3.31. The summed E-state index contributed by atoms with van der Waals surface area (Å²) in [7, 11) is -3.99. The number of nitrogens with zero attached hydrogens (tertiary/aromatic N) is 2. The topological polar surface area (TPSA) is 99.6 Å². The Kier molecular flexibility index (Phi) is 6.61. The largest absolute Gasteiger partial charge is 0.289 e. The van der Waals surface area contributed by atoms with Crippen LogP contribution in [0.25, 0.3) is 10.1 Å². The van der Waals surface area contributed by atoms with Crippen LogP contribution in [0.1, 0.15) is 22.7 Å². The van der Waals surface area contributed by atoms with Gasteiger partial charge in [-0.25, -0.2) is 13.9 Å². The molecular formula is C23H21N3O4S2. The fourth-order valence-corrected chi connectivity index (χ4v) is 5.99. The van der Waals surface area contributed by atoms with Crippen molar-refractivity contribution >= 4 is 37.4 Å². The lowest BCUT2D eigenvalue weighted by molar-refractivity contribution is -0.133. The SMILES string of the molecule is O=C(NO)[C@H](c1ccccc1)N(Cc1cccnc1)S(=O)(=O)Cc1ccc2sccc2c1. The fraction of sp³-hybridized carbons (Fsp3) is 0.130. The number of hydroxylamine groups is 1. The van der Waals surface area contributed by atoms with E-state index in [2.05, 4.69) is 4.98 Å². The van der Waals surface area contributed by atoms with E-state index in [1.807, 2.05) is 23.6 Å². The molecule has 0 radical (unpaired) electrons. The van der Waals surface area contributed by atoms with Gasteiger partial charge in [-0.15, -0.1) is 11.3 Å². The second-order valence-electron chi connectivity index (χ2n) is 7.24. The highest BCUT2D eigenvalue weighted by atomic mass is 32.2. The third-order valence-corrected chi connectivity index (χ3v) is 7.70. The number of benzene rings is 2. The Morgan fingerprint density at radius 3 is 2.59 bits per heavy atom. The van der Waals surface area contributed by atoms with Crippen LogP contribution in [0.4, 0.5) is 0 Å². The van der Waals surface area contributed by atoms with Gasteiger partial charge in [0.05, 0.1) is 5.75 Å². The normalized spacial score (nSPS) is 12.7. The summed E-state index contributed by atoms with van der Waals surface area (Å²) in [5.74, 6) is -1.13. The van der Waals surface area contributed by atoms with Gasteiger partial charge >= 0.3 is 0 Å². The lowest BCUT2D eigenvalue weighted by Gasteiger charge is -2.30. The number of hydrogen-bond donors (Lipinski definition) is 2. The first-order valence-corrected chi connectivity index (χ1v) is 12.3. The minimum absolute atomic E-state index is 0.0795. The van der Waals surface area contributed by atoms with Gasteiger partial charge in [0.15, 0.2) is 0 Å². The van der Waals surface area contributed by atoms with Crippen molar-refractivity contribution in [3.63, 3.8) is 0 Å². The number of hydrogen-bond acceptors (Lipinski definition) is 6. The Bertz CT molecular complexity index is 1310. The van der Waals surface area contributed by atoms with Gasteiger partial charge in [-0.1, -0.05) is 42.5 Å². The highest BCUT2D eigenvalue weighted by Gasteiger charge is 2.36. The molecule has 1 amide bonds. The Hall–Kier alpha value is -3.11. The monoisotopic (exact) mass is 467 g/mol. The van der Waals surface area contributed by atoms with E-state index in [-0.39, 0.29) is 12.3 Å². The summed E-state index contributed by atoms with van der Waals surface area (Å²) < 4.78 is 29.5. The van der Waals surface area contributed by atoms with Crippen LogP contribution in [0.15, 0.2) is 84.5 Å². The molecular weight excluding hydrogens is 446 g/mol. The lowest BCUT2D eigenvalue weighted by atomic mass is 10.1. The molecule has 0 aliphatic heterocycles. The molecule has 2 N–H and O–H groups in total. The average Bonchev–Trinajstić information content (AvgIpc) is 3.27. The third kappa shape index (κ3) is 4.86. The predicted molar refractivity (Wildman–Crippen MR) is 123 cm³/mol. The van der Waals surface area contributed by atoms with Gasteiger partial charge in [0.1, 0.15) is 6.04 Å². The van der Waals surface area contributed by atoms with Crippen LogP contribution in [0.3, 0.4) is 0 Å². The van der Waals surface area contributed by atoms with Crippen molar-refractivity contribution in [2.45, 2.75) is 18.3 Å². The van der Waals surface area contributed by atoms with Gasteiger partial charge < -0.3 is 0 Å². The summed E-state index contributed by atoms with van der Waals surface area (Å²) in [5, 5.41) is 12.3. The summed E-state index contributed by atoms with van der Waals surface area (Å²) in [4.78, 5) is 16.8. The first-order chi connectivity index (χ1) is 15.5. The first kappa shape index (κ1) is 22.1. The van der Waals surface area contributed by atoms with Gasteiger partial charge in [-0.05, 0) is 51.7 Å². The second kappa shape index (κ2) is 9.58. The smallest absolute Gasteiger partial charge is 0.266 e. The maximum Gasteiger partial charge on any atom is 0.266 e. The van der Waals surface area contributed by atoms with E-state index in [1.165, 1.54) is 0 Å². The molecule has 32 heavy (non-hydrogen) atoms. The Balaban J connectivity index is 1.76. The van der Waals surface area contributed by atoms with E-state index in [0.717, 1.165) is 14.4 Å². The summed E-state index contributed by atoms with van der Waals surface area (Å²) in [6, 6.07) is 18.2. The number of carbonyl (C=O) groups is 1. The summed E-state index contributed by atoms with van der Waals surface area (Å²) in [6.45, 7) is -0.0795. The number of sulfonamides is 1. The molecule has 2 aromatic carbocycles. The maximum atomic E-state index is 13.7. The molecule has 7 nitrogen and oxygen atoms in total. The van der Waals surface area contributed by atoms with Crippen LogP contribution in [-0.4, -0.2) is 28.8 Å². The summed E-state index contributed by atoms with van der Waals surface area (Å²) >= 11 is 1.58. The van der Waals surface area contributed by atoms with Crippen LogP contribution < -0.4 is 5.48 Å². The molecule has 0 spiro atoms. The number of fused-ring (bicyclic) bond motifs is 1. The molecule has 0 unspecified atom stereocenters. The van der Waals surface area contributed by atoms with Crippen LogP contribution in [0.5, 0.6) is 0 Å². The molecule has 0 saturated heterocycles. The van der Waals surface area contributed by atoms with Crippen LogP contribution in [-0.2, 0) is 27.1 Å². The number of pyridine rings is 1. The molecule has 4 aromatic rings. The molecule has 4 rings (SSSR count). The van der Waals surface area contributed by atoms with E-state index in [0.29, 0.717) is 16.7 Å². The fourth-order valence-electron chi connectivity index (χ4n) is 3.57. The predicted octanol–water partition coefficient (Wildman–Crippen LogP) is 3.88. The van der Waals surface area contributed by atoms with Crippen molar-refractivity contribution in [2.24, 2.45) is 0 Å². The Labute approximate surface area is 190 Å². The third-order valence-electron chi connectivity index (χ3n) is 5.05. The summed E-state index contributed by atoms with van der Waals surface area (Å²) in [6.07, 6.45) is 3.15. The molecule has 0 aliphatic rings. The maximum absolute atomic E-state index is 13.7. The van der Waals surface area contributed by atoms with Crippen LogP contribution in [0.2, 0.25) is 0 Å². The quantitative estimate of drug-likeness (QED) is 0.303. The molecule has 9 heteroatoms. The molecule has 0 fully saturated rings. The minimum atomic E-state index is -3.99. The van der Waals surface area contributed by atoms with Crippen molar-refractivity contribution in [3.8, 4) is 0 Å². The highest BCUT2D eigenvalue weighted by Crippen LogP contribution is 2.29. The molecule has 2 aromatic heterocycles. The zero-order chi connectivity index (χ0) is 22.6. The van der Waals surface area contributed by atoms with Gasteiger partial charge in [-0.3, -0.25) is 15.0 Å². The van der Waals surface area contributed by atoms with Crippen molar-refractivity contribution in [3.05, 3.63) is 101 Å². The average molecular weight is 468 g/mol. The van der Waals surface area contributed by atoms with E-state index in [4.69, 9.17) is 0 Å². The first-order valence-electron chi connectivity index (χ1n) is 9.81. The van der Waals surface area contributed by atoms with Gasteiger partial charge in [0.2, 0.25) is 10.0 Å². The number of thiophene rings is 1. The zero-order valence-electron chi connectivity index (χ0n) is 17.0. The van der Waals surface area contributed by atoms with Crippen molar-refractivity contribution in [2.75, 3.05) is 0 Å². The zero-order valence-corrected chi connectivity index (χ0v) is 18.6. The molecule has 164 valence electrons. The van der Waals surface area contributed by atoms with E-state index < -0.39 is 22.0 Å². The number of nitrogens with one attached hydrogen (secondary N) is 1.